The summed E-state index contributed by atoms with van der Waals surface area (Å²) in [5, 5.41) is 13.9. The summed E-state index contributed by atoms with van der Waals surface area (Å²) in [5.74, 6) is -0.0873. The number of rotatable bonds is 4. The molecule has 0 fully saturated rings. The first-order valence-electron chi connectivity index (χ1n) is 4.74. The van der Waals surface area contributed by atoms with Crippen LogP contribution in [0.15, 0.2) is 27.8 Å². The maximum Gasteiger partial charge on any atom is 0.252 e. The molecule has 0 saturated heterocycles. The van der Waals surface area contributed by atoms with E-state index in [1.165, 1.54) is 0 Å². The van der Waals surface area contributed by atoms with Gasteiger partial charge in [-0.15, -0.1) is 0 Å². The van der Waals surface area contributed by atoms with Gasteiger partial charge in [-0.1, -0.05) is 21.1 Å². The number of halogens is 2. The molecule has 0 aliphatic rings. The van der Waals surface area contributed by atoms with Gasteiger partial charge in [0.05, 0.1) is 5.56 Å². The zero-order chi connectivity index (χ0) is 12.8. The van der Waals surface area contributed by atoms with Crippen LogP contribution < -0.4 is 11.1 Å². The fourth-order valence-corrected chi connectivity index (χ4v) is 2.06. The lowest BCUT2D eigenvalue weighted by Crippen LogP contribution is -2.28. The first-order valence-corrected chi connectivity index (χ1v) is 6.61. The van der Waals surface area contributed by atoms with Crippen LogP contribution in [0.5, 0.6) is 0 Å². The molecule has 17 heavy (non-hydrogen) atoms. The molecule has 0 atom stereocenters. The van der Waals surface area contributed by atoms with Gasteiger partial charge in [-0.25, -0.2) is 0 Å². The fourth-order valence-electron chi connectivity index (χ4n) is 1.12. The van der Waals surface area contributed by atoms with Crippen LogP contribution in [-0.2, 0) is 0 Å². The Balaban J connectivity index is 2.61. The molecule has 0 aliphatic heterocycles. The summed E-state index contributed by atoms with van der Waals surface area (Å²) in [6.07, 6.45) is 0.312. The van der Waals surface area contributed by atoms with E-state index in [4.69, 9.17) is 10.9 Å². The molecule has 1 rings (SSSR count). The molecule has 0 unspecified atom stereocenters. The molecular formula is C10H11BrIN3O2. The van der Waals surface area contributed by atoms with Crippen molar-refractivity contribution in [3.05, 3.63) is 31.8 Å². The molecular weight excluding hydrogens is 401 g/mol. The molecule has 0 radical (unpaired) electrons. The zero-order valence-electron chi connectivity index (χ0n) is 8.78. The second-order valence-corrected chi connectivity index (χ2v) is 5.30. The molecule has 1 amide bonds. The van der Waals surface area contributed by atoms with Crippen LogP contribution in [-0.4, -0.2) is 23.5 Å². The van der Waals surface area contributed by atoms with Crippen molar-refractivity contribution >= 4 is 50.3 Å². The maximum absolute atomic E-state index is 11.8. The summed E-state index contributed by atoms with van der Waals surface area (Å²) >= 11 is 5.41. The number of hydrogen-bond donors (Lipinski definition) is 3. The molecule has 0 saturated carbocycles. The predicted octanol–water partition coefficient (Wildman–Crippen LogP) is 1.92. The lowest BCUT2D eigenvalue weighted by Gasteiger charge is -2.06. The minimum Gasteiger partial charge on any atom is -0.409 e. The Labute approximate surface area is 121 Å². The Hall–Kier alpha value is -0.830. The Kier molecular flexibility index (Phi) is 5.69. The number of benzene rings is 1. The van der Waals surface area contributed by atoms with Crippen LogP contribution in [0.25, 0.3) is 0 Å². The molecule has 0 heterocycles. The normalized spacial score (nSPS) is 11.3. The van der Waals surface area contributed by atoms with Gasteiger partial charge in [-0.05, 0) is 40.8 Å². The van der Waals surface area contributed by atoms with Crippen molar-refractivity contribution in [1.29, 1.82) is 0 Å². The highest BCUT2D eigenvalue weighted by Gasteiger charge is 2.09. The second-order valence-electron chi connectivity index (χ2n) is 3.22. The second kappa shape index (κ2) is 6.80. The highest BCUT2D eigenvalue weighted by Crippen LogP contribution is 2.18. The van der Waals surface area contributed by atoms with Crippen LogP contribution in [0.1, 0.15) is 16.8 Å². The van der Waals surface area contributed by atoms with Crippen molar-refractivity contribution in [3.8, 4) is 0 Å². The van der Waals surface area contributed by atoms with E-state index in [-0.39, 0.29) is 11.7 Å². The third kappa shape index (κ3) is 4.50. The lowest BCUT2D eigenvalue weighted by molar-refractivity contribution is 0.0953. The van der Waals surface area contributed by atoms with Crippen LogP contribution in [0.4, 0.5) is 0 Å². The molecule has 1 aromatic rings. The average molecular weight is 412 g/mol. The summed E-state index contributed by atoms with van der Waals surface area (Å²) in [6.45, 7) is 0.331. The summed E-state index contributed by atoms with van der Waals surface area (Å²) in [5.41, 5.74) is 5.89. The maximum atomic E-state index is 11.8. The highest BCUT2D eigenvalue weighted by atomic mass is 127. The molecule has 0 spiro atoms. The molecule has 0 bridgehead atoms. The number of amidine groups is 1. The molecule has 92 valence electrons. The van der Waals surface area contributed by atoms with Crippen LogP contribution in [0.2, 0.25) is 0 Å². The van der Waals surface area contributed by atoms with Crippen molar-refractivity contribution < 1.29 is 10.0 Å². The summed E-state index contributed by atoms with van der Waals surface area (Å²) in [4.78, 5) is 11.8. The molecule has 0 aliphatic carbocycles. The van der Waals surface area contributed by atoms with Gasteiger partial charge in [-0.3, -0.25) is 4.79 Å². The number of hydrogen-bond acceptors (Lipinski definition) is 3. The molecule has 0 aromatic heterocycles. The zero-order valence-corrected chi connectivity index (χ0v) is 12.5. The molecule has 4 N–H and O–H groups in total. The van der Waals surface area contributed by atoms with Gasteiger partial charge in [-0.2, -0.15) is 0 Å². The van der Waals surface area contributed by atoms with Crippen LogP contribution in [0, 0.1) is 3.57 Å². The van der Waals surface area contributed by atoms with Gasteiger partial charge in [0.15, 0.2) is 0 Å². The van der Waals surface area contributed by atoms with E-state index in [1.54, 1.807) is 6.07 Å². The van der Waals surface area contributed by atoms with Gasteiger partial charge in [0.1, 0.15) is 5.84 Å². The van der Waals surface area contributed by atoms with Crippen molar-refractivity contribution in [3.63, 3.8) is 0 Å². The molecule has 5 nitrogen and oxygen atoms in total. The van der Waals surface area contributed by atoms with E-state index in [0.717, 1.165) is 8.04 Å². The monoisotopic (exact) mass is 411 g/mol. The number of oxime groups is 1. The number of nitrogens with two attached hydrogens (primary N) is 1. The Morgan fingerprint density at radius 3 is 2.94 bits per heavy atom. The van der Waals surface area contributed by atoms with Crippen molar-refractivity contribution in [2.45, 2.75) is 6.42 Å². The van der Waals surface area contributed by atoms with E-state index >= 15 is 0 Å². The Morgan fingerprint density at radius 1 is 1.59 bits per heavy atom. The topological polar surface area (TPSA) is 87.7 Å². The van der Waals surface area contributed by atoms with Gasteiger partial charge in [0.2, 0.25) is 0 Å². The van der Waals surface area contributed by atoms with Gasteiger partial charge < -0.3 is 16.3 Å². The summed E-state index contributed by atoms with van der Waals surface area (Å²) in [6, 6.07) is 5.47. The van der Waals surface area contributed by atoms with Crippen molar-refractivity contribution in [2.24, 2.45) is 10.9 Å². The van der Waals surface area contributed by atoms with E-state index in [0.29, 0.717) is 18.5 Å². The Bertz CT molecular complexity index is 451. The number of nitrogens with zero attached hydrogens (tertiary/aromatic N) is 1. The largest absolute Gasteiger partial charge is 0.409 e. The van der Waals surface area contributed by atoms with E-state index < -0.39 is 0 Å². The van der Waals surface area contributed by atoms with E-state index in [2.05, 4.69) is 49.0 Å². The average Bonchev–Trinajstić information content (AvgIpc) is 2.31. The van der Waals surface area contributed by atoms with Crippen LogP contribution in [0.3, 0.4) is 0 Å². The van der Waals surface area contributed by atoms with Crippen molar-refractivity contribution in [1.82, 2.24) is 5.32 Å². The number of carbonyl (C=O) groups excluding carboxylic acids is 1. The minimum atomic E-state index is -0.179. The SMILES string of the molecule is N/C(CCNC(=O)c1cc(Br)ccc1I)=N/O. The third-order valence-electron chi connectivity index (χ3n) is 1.97. The van der Waals surface area contributed by atoms with Gasteiger partial charge >= 0.3 is 0 Å². The quantitative estimate of drug-likeness (QED) is 0.232. The number of amides is 1. The number of nitrogens with one attached hydrogen (secondary N) is 1. The first kappa shape index (κ1) is 14.2. The first-order chi connectivity index (χ1) is 8.04. The molecule has 1 aromatic carbocycles. The van der Waals surface area contributed by atoms with Crippen LogP contribution >= 0.6 is 38.5 Å². The van der Waals surface area contributed by atoms with E-state index in [1.807, 2.05) is 12.1 Å². The summed E-state index contributed by atoms with van der Waals surface area (Å²) in [7, 11) is 0. The third-order valence-corrected chi connectivity index (χ3v) is 3.40. The minimum absolute atomic E-state index is 0.0919. The summed E-state index contributed by atoms with van der Waals surface area (Å²) < 4.78 is 1.71. The van der Waals surface area contributed by atoms with Crippen molar-refractivity contribution in [2.75, 3.05) is 6.54 Å². The smallest absolute Gasteiger partial charge is 0.252 e. The van der Waals surface area contributed by atoms with E-state index in [9.17, 15) is 4.79 Å². The highest BCUT2D eigenvalue weighted by molar-refractivity contribution is 14.1. The molecule has 7 heteroatoms. The van der Waals surface area contributed by atoms with Gasteiger partial charge in [0.25, 0.3) is 5.91 Å². The fraction of sp³-hybridized carbons (Fsp3) is 0.200. The number of carbonyl (C=O) groups is 1. The Morgan fingerprint density at radius 2 is 2.29 bits per heavy atom. The lowest BCUT2D eigenvalue weighted by atomic mass is 10.2. The predicted molar refractivity (Wildman–Crippen MR) is 77.2 cm³/mol. The van der Waals surface area contributed by atoms with Gasteiger partial charge in [0, 0.05) is 21.0 Å². The standard InChI is InChI=1S/C10H11BrIN3O2/c11-6-1-2-8(12)7(5-6)10(16)14-4-3-9(13)15-17/h1-2,5,17H,3-4H2,(H2,13,15)(H,14,16).